The monoisotopic (exact) mass is 281 g/mol. The summed E-state index contributed by atoms with van der Waals surface area (Å²) in [6.07, 6.45) is 0. The van der Waals surface area contributed by atoms with Gasteiger partial charge in [0.1, 0.15) is 0 Å². The number of carbonyl (C=O) groups excluding carboxylic acids is 1. The topological polar surface area (TPSA) is 110 Å². The lowest BCUT2D eigenvalue weighted by atomic mass is 9.75. The lowest BCUT2D eigenvalue weighted by Gasteiger charge is -2.38. The van der Waals surface area contributed by atoms with Gasteiger partial charge in [0.25, 0.3) is 0 Å². The number of rotatable bonds is 6. The zero-order chi connectivity index (χ0) is 14.8. The normalized spacial score (nSPS) is 13.2. The number of methoxy groups -OCH3 is 1. The molecule has 0 spiro atoms. The van der Waals surface area contributed by atoms with Crippen LogP contribution in [0.2, 0.25) is 0 Å². The molecule has 0 heterocycles. The molecule has 0 saturated carbocycles. The van der Waals surface area contributed by atoms with Gasteiger partial charge in [-0.15, -0.1) is 0 Å². The standard InChI is InChI=1S/C10H19NO6S/c1-9(2,8(13)14)10(3,4)11-18(15,16)6-7(12)17-5/h11H,6H2,1-5H3,(H,13,14). The molecular weight excluding hydrogens is 262 g/mol. The van der Waals surface area contributed by atoms with Gasteiger partial charge in [-0.2, -0.15) is 0 Å². The predicted molar refractivity (Wildman–Crippen MR) is 64.4 cm³/mol. The number of carboxylic acids is 1. The highest BCUT2D eigenvalue weighted by Crippen LogP contribution is 2.31. The first-order valence-electron chi connectivity index (χ1n) is 5.17. The number of ether oxygens (including phenoxy) is 1. The molecule has 8 heteroatoms. The molecule has 106 valence electrons. The summed E-state index contributed by atoms with van der Waals surface area (Å²) in [4.78, 5) is 22.0. The fourth-order valence-corrected chi connectivity index (χ4v) is 2.57. The summed E-state index contributed by atoms with van der Waals surface area (Å²) < 4.78 is 29.8. The van der Waals surface area contributed by atoms with Gasteiger partial charge in [-0.1, -0.05) is 0 Å². The van der Waals surface area contributed by atoms with Crippen molar-refractivity contribution < 1.29 is 27.9 Å². The molecule has 0 aromatic rings. The van der Waals surface area contributed by atoms with Crippen molar-refractivity contribution >= 4 is 22.0 Å². The van der Waals surface area contributed by atoms with Gasteiger partial charge < -0.3 is 9.84 Å². The van der Waals surface area contributed by atoms with Gasteiger partial charge in [-0.25, -0.2) is 13.1 Å². The number of hydrogen-bond donors (Lipinski definition) is 2. The van der Waals surface area contributed by atoms with Crippen LogP contribution in [0.25, 0.3) is 0 Å². The third-order valence-corrected chi connectivity index (χ3v) is 4.48. The molecule has 0 unspecified atom stereocenters. The Hall–Kier alpha value is -1.15. The molecular formula is C10H19NO6S. The number of esters is 1. The molecule has 0 amide bonds. The van der Waals surface area contributed by atoms with E-state index in [1.165, 1.54) is 27.7 Å². The summed E-state index contributed by atoms with van der Waals surface area (Å²) in [5.74, 6) is -2.90. The summed E-state index contributed by atoms with van der Waals surface area (Å²) in [7, 11) is -2.88. The summed E-state index contributed by atoms with van der Waals surface area (Å²) >= 11 is 0. The second-order valence-corrected chi connectivity index (χ2v) is 6.71. The number of aliphatic carboxylic acids is 1. The Kier molecular flexibility index (Phi) is 4.90. The lowest BCUT2D eigenvalue weighted by molar-refractivity contribution is -0.150. The van der Waals surface area contributed by atoms with E-state index in [-0.39, 0.29) is 0 Å². The minimum atomic E-state index is -3.96. The maximum absolute atomic E-state index is 11.7. The average Bonchev–Trinajstić information content (AvgIpc) is 2.14. The van der Waals surface area contributed by atoms with Crippen LogP contribution in [0.4, 0.5) is 0 Å². The summed E-state index contributed by atoms with van der Waals surface area (Å²) in [5.41, 5.74) is -2.60. The molecule has 0 rings (SSSR count). The van der Waals surface area contributed by atoms with Crippen molar-refractivity contribution in [2.75, 3.05) is 12.9 Å². The van der Waals surface area contributed by atoms with Crippen molar-refractivity contribution in [1.82, 2.24) is 4.72 Å². The van der Waals surface area contributed by atoms with Crippen molar-refractivity contribution in [2.24, 2.45) is 5.41 Å². The molecule has 0 aliphatic heterocycles. The van der Waals surface area contributed by atoms with E-state index in [0.717, 1.165) is 7.11 Å². The van der Waals surface area contributed by atoms with Crippen LogP contribution in [0.1, 0.15) is 27.7 Å². The van der Waals surface area contributed by atoms with E-state index in [1.807, 2.05) is 0 Å². The second kappa shape index (κ2) is 5.23. The number of nitrogens with one attached hydrogen (secondary N) is 1. The highest BCUT2D eigenvalue weighted by Gasteiger charge is 2.45. The maximum atomic E-state index is 11.7. The molecule has 0 aliphatic rings. The van der Waals surface area contributed by atoms with E-state index in [1.54, 1.807) is 0 Å². The molecule has 7 nitrogen and oxygen atoms in total. The van der Waals surface area contributed by atoms with Crippen molar-refractivity contribution in [3.05, 3.63) is 0 Å². The molecule has 0 saturated heterocycles. The Bertz CT molecular complexity index is 437. The van der Waals surface area contributed by atoms with Crippen LogP contribution in [0.5, 0.6) is 0 Å². The van der Waals surface area contributed by atoms with Gasteiger partial charge in [0.2, 0.25) is 10.0 Å². The highest BCUT2D eigenvalue weighted by molar-refractivity contribution is 7.90. The van der Waals surface area contributed by atoms with Gasteiger partial charge in [0.15, 0.2) is 5.75 Å². The quantitative estimate of drug-likeness (QED) is 0.661. The first-order valence-corrected chi connectivity index (χ1v) is 6.83. The van der Waals surface area contributed by atoms with Gasteiger partial charge >= 0.3 is 11.9 Å². The zero-order valence-corrected chi connectivity index (χ0v) is 11.9. The van der Waals surface area contributed by atoms with Crippen LogP contribution in [-0.2, 0) is 24.3 Å². The fraction of sp³-hybridized carbons (Fsp3) is 0.800. The smallest absolute Gasteiger partial charge is 0.322 e. The van der Waals surface area contributed by atoms with Crippen LogP contribution in [0.3, 0.4) is 0 Å². The van der Waals surface area contributed by atoms with Crippen LogP contribution in [0.15, 0.2) is 0 Å². The van der Waals surface area contributed by atoms with E-state index in [4.69, 9.17) is 5.11 Å². The number of carboxylic acid groups (broad SMARTS) is 1. The largest absolute Gasteiger partial charge is 0.481 e. The minimum absolute atomic E-state index is 0.845. The van der Waals surface area contributed by atoms with E-state index in [2.05, 4.69) is 9.46 Å². The van der Waals surface area contributed by atoms with Crippen molar-refractivity contribution in [2.45, 2.75) is 33.2 Å². The maximum Gasteiger partial charge on any atom is 0.322 e. The van der Waals surface area contributed by atoms with Crippen LogP contribution in [-0.4, -0.2) is 43.9 Å². The SMILES string of the molecule is COC(=O)CS(=O)(=O)NC(C)(C)C(C)(C)C(=O)O. The van der Waals surface area contributed by atoms with Crippen molar-refractivity contribution in [1.29, 1.82) is 0 Å². The Labute approximate surface area is 107 Å². The van der Waals surface area contributed by atoms with E-state index < -0.39 is 38.7 Å². The van der Waals surface area contributed by atoms with Gasteiger partial charge in [0, 0.05) is 5.54 Å². The molecule has 0 fully saturated rings. The minimum Gasteiger partial charge on any atom is -0.481 e. The third kappa shape index (κ3) is 3.95. The van der Waals surface area contributed by atoms with Gasteiger partial charge in [0.05, 0.1) is 12.5 Å². The highest BCUT2D eigenvalue weighted by atomic mass is 32.2. The van der Waals surface area contributed by atoms with Crippen molar-refractivity contribution in [3.63, 3.8) is 0 Å². The summed E-state index contributed by atoms with van der Waals surface area (Å²) in [6, 6.07) is 0. The second-order valence-electron chi connectivity index (χ2n) is 4.99. The Morgan fingerprint density at radius 3 is 2.00 bits per heavy atom. The molecule has 2 N–H and O–H groups in total. The molecule has 0 aromatic heterocycles. The number of sulfonamides is 1. The van der Waals surface area contributed by atoms with E-state index >= 15 is 0 Å². The predicted octanol–water partition coefficient (Wildman–Crippen LogP) is -0.0318. The molecule has 18 heavy (non-hydrogen) atoms. The fourth-order valence-electron chi connectivity index (χ4n) is 1.03. The average molecular weight is 281 g/mol. The summed E-state index contributed by atoms with van der Waals surface area (Å²) in [6.45, 7) is 5.68. The number of carbonyl (C=O) groups is 2. The molecule has 0 atom stereocenters. The molecule has 0 bridgehead atoms. The zero-order valence-electron chi connectivity index (χ0n) is 11.1. The van der Waals surface area contributed by atoms with E-state index in [9.17, 15) is 18.0 Å². The lowest BCUT2D eigenvalue weighted by Crippen LogP contribution is -2.57. The molecule has 0 aliphatic carbocycles. The van der Waals surface area contributed by atoms with Crippen molar-refractivity contribution in [3.8, 4) is 0 Å². The molecule has 0 radical (unpaired) electrons. The van der Waals surface area contributed by atoms with Crippen LogP contribution < -0.4 is 4.72 Å². The Balaban J connectivity index is 5.10. The van der Waals surface area contributed by atoms with Crippen LogP contribution >= 0.6 is 0 Å². The summed E-state index contributed by atoms with van der Waals surface area (Å²) in [5, 5.41) is 9.08. The van der Waals surface area contributed by atoms with Gasteiger partial charge in [-0.3, -0.25) is 9.59 Å². The van der Waals surface area contributed by atoms with E-state index in [0.29, 0.717) is 0 Å². The molecule has 0 aromatic carbocycles. The van der Waals surface area contributed by atoms with Crippen LogP contribution in [0, 0.1) is 5.41 Å². The Morgan fingerprint density at radius 2 is 1.67 bits per heavy atom. The third-order valence-electron chi connectivity index (χ3n) is 3.04. The first kappa shape index (κ1) is 16.9. The number of hydrogen-bond acceptors (Lipinski definition) is 5. The first-order chi connectivity index (χ1) is 7.85. The Morgan fingerprint density at radius 1 is 1.22 bits per heavy atom. The van der Waals surface area contributed by atoms with Gasteiger partial charge in [-0.05, 0) is 27.7 Å².